The molecule has 3 rings (SSSR count). The molecule has 1 unspecified atom stereocenters. The summed E-state index contributed by atoms with van der Waals surface area (Å²) in [6, 6.07) is 21.2. The number of alkyl halides is 1. The molecule has 30 heavy (non-hydrogen) atoms. The fourth-order valence-corrected chi connectivity index (χ4v) is 3.00. The molecular formula is C25H21FO4. The molecule has 0 N–H and O–H groups in total. The standard InChI is InChI=1S/C25H21FO4/c1-25(26,21-13-11-20(12-14-21)19-8-4-3-5-9-19)24(28)30-22-15-10-18(7-6-16-27)17-23(22)29-2/h3-6,8-15,17H,7H2,1-2H3. The van der Waals surface area contributed by atoms with E-state index in [1.54, 1.807) is 42.3 Å². The van der Waals surface area contributed by atoms with Crippen LogP contribution in [0.3, 0.4) is 0 Å². The minimum atomic E-state index is -2.35. The molecule has 152 valence electrons. The number of hydrogen-bond acceptors (Lipinski definition) is 4. The van der Waals surface area contributed by atoms with Crippen LogP contribution in [0.1, 0.15) is 18.1 Å². The lowest BCUT2D eigenvalue weighted by Crippen LogP contribution is -2.32. The SMILES string of the molecule is COc1cc(CC=C=O)ccc1OC(=O)C(C)(F)c1ccc(-c2ccccc2)cc1. The number of methoxy groups -OCH3 is 1. The van der Waals surface area contributed by atoms with Gasteiger partial charge in [0.1, 0.15) is 5.94 Å². The first-order valence-electron chi connectivity index (χ1n) is 9.39. The molecule has 0 heterocycles. The van der Waals surface area contributed by atoms with E-state index in [9.17, 15) is 9.59 Å². The predicted octanol–water partition coefficient (Wildman–Crippen LogP) is 5.08. The van der Waals surface area contributed by atoms with E-state index in [0.29, 0.717) is 6.42 Å². The molecule has 0 radical (unpaired) electrons. The fraction of sp³-hybridized carbons (Fsp3) is 0.160. The van der Waals surface area contributed by atoms with Crippen LogP contribution >= 0.6 is 0 Å². The number of esters is 1. The molecular weight excluding hydrogens is 383 g/mol. The Hall–Kier alpha value is -3.69. The highest BCUT2D eigenvalue weighted by molar-refractivity contribution is 5.83. The number of benzene rings is 3. The summed E-state index contributed by atoms with van der Waals surface area (Å²) in [5.74, 6) is 1.03. The van der Waals surface area contributed by atoms with E-state index in [4.69, 9.17) is 9.47 Å². The van der Waals surface area contributed by atoms with Crippen LogP contribution in [0.2, 0.25) is 0 Å². The van der Waals surface area contributed by atoms with Crippen molar-refractivity contribution >= 4 is 11.9 Å². The Morgan fingerprint density at radius 2 is 1.67 bits per heavy atom. The Kier molecular flexibility index (Phi) is 6.45. The van der Waals surface area contributed by atoms with Crippen molar-refractivity contribution in [3.8, 4) is 22.6 Å². The van der Waals surface area contributed by atoms with Crippen LogP contribution in [-0.2, 0) is 21.7 Å². The molecule has 0 saturated carbocycles. The lowest BCUT2D eigenvalue weighted by molar-refractivity contribution is -0.147. The number of ether oxygens (including phenoxy) is 2. The topological polar surface area (TPSA) is 52.6 Å². The zero-order valence-electron chi connectivity index (χ0n) is 16.7. The third kappa shape index (κ3) is 4.65. The minimum Gasteiger partial charge on any atom is -0.493 e. The summed E-state index contributed by atoms with van der Waals surface area (Å²) in [6.07, 6.45) is 1.70. The van der Waals surface area contributed by atoms with Gasteiger partial charge in [-0.25, -0.2) is 14.0 Å². The molecule has 0 spiro atoms. The molecule has 3 aromatic rings. The largest absolute Gasteiger partial charge is 0.493 e. The van der Waals surface area contributed by atoms with Crippen LogP contribution in [0.25, 0.3) is 11.1 Å². The monoisotopic (exact) mass is 404 g/mol. The predicted molar refractivity (Wildman–Crippen MR) is 113 cm³/mol. The third-order valence-electron chi connectivity index (χ3n) is 4.77. The zero-order valence-corrected chi connectivity index (χ0v) is 16.7. The summed E-state index contributed by atoms with van der Waals surface area (Å²) in [5, 5.41) is 0. The lowest BCUT2D eigenvalue weighted by atomic mass is 9.95. The van der Waals surface area contributed by atoms with Crippen LogP contribution in [0.15, 0.2) is 78.9 Å². The molecule has 0 amide bonds. The van der Waals surface area contributed by atoms with E-state index in [1.807, 2.05) is 30.3 Å². The van der Waals surface area contributed by atoms with Crippen LogP contribution in [0.5, 0.6) is 11.5 Å². The first kappa shape index (κ1) is 21.0. The van der Waals surface area contributed by atoms with Gasteiger partial charge in [-0.2, -0.15) is 0 Å². The van der Waals surface area contributed by atoms with E-state index in [2.05, 4.69) is 0 Å². The molecule has 0 aromatic heterocycles. The Labute approximate surface area is 174 Å². The highest BCUT2D eigenvalue weighted by atomic mass is 19.1. The van der Waals surface area contributed by atoms with Gasteiger partial charge in [0, 0.05) is 18.1 Å². The molecule has 0 fully saturated rings. The first-order valence-corrected chi connectivity index (χ1v) is 9.39. The van der Waals surface area contributed by atoms with Gasteiger partial charge in [-0.1, -0.05) is 60.7 Å². The van der Waals surface area contributed by atoms with Gasteiger partial charge in [-0.05, 0) is 35.7 Å². The molecule has 0 aliphatic carbocycles. The Morgan fingerprint density at radius 1 is 1.00 bits per heavy atom. The van der Waals surface area contributed by atoms with Crippen LogP contribution in [0, 0.1) is 0 Å². The Morgan fingerprint density at radius 3 is 2.30 bits per heavy atom. The summed E-state index contributed by atoms with van der Waals surface area (Å²) in [4.78, 5) is 23.0. The molecule has 1 atom stereocenters. The number of halogens is 1. The lowest BCUT2D eigenvalue weighted by Gasteiger charge is -2.20. The van der Waals surface area contributed by atoms with Gasteiger partial charge in [-0.15, -0.1) is 0 Å². The summed E-state index contributed by atoms with van der Waals surface area (Å²) >= 11 is 0. The van der Waals surface area contributed by atoms with E-state index < -0.39 is 11.6 Å². The second-order valence-electron chi connectivity index (χ2n) is 6.85. The summed E-state index contributed by atoms with van der Waals surface area (Å²) in [7, 11) is 1.42. The molecule has 0 bridgehead atoms. The van der Waals surface area contributed by atoms with Crippen molar-refractivity contribution in [3.63, 3.8) is 0 Å². The van der Waals surface area contributed by atoms with Gasteiger partial charge < -0.3 is 9.47 Å². The maximum atomic E-state index is 15.4. The van der Waals surface area contributed by atoms with Gasteiger partial charge in [-0.3, -0.25) is 0 Å². The summed E-state index contributed by atoms with van der Waals surface area (Å²) < 4.78 is 25.9. The molecule has 0 saturated heterocycles. The molecule has 5 heteroatoms. The molecule has 3 aromatic carbocycles. The average molecular weight is 404 g/mol. The first-order chi connectivity index (χ1) is 14.5. The van der Waals surface area contributed by atoms with Crippen LogP contribution < -0.4 is 9.47 Å². The summed E-state index contributed by atoms with van der Waals surface area (Å²) in [5.41, 5.74) is 0.541. The van der Waals surface area contributed by atoms with Gasteiger partial charge in [0.25, 0.3) is 0 Å². The van der Waals surface area contributed by atoms with Crippen molar-refractivity contribution < 1.29 is 23.5 Å². The fourth-order valence-electron chi connectivity index (χ4n) is 3.00. The second kappa shape index (κ2) is 9.21. The average Bonchev–Trinajstić information content (AvgIpc) is 2.79. The maximum absolute atomic E-state index is 15.4. The quantitative estimate of drug-likeness (QED) is 0.313. The molecule has 0 aliphatic rings. The molecule has 4 nitrogen and oxygen atoms in total. The normalized spacial score (nSPS) is 12.4. The van der Waals surface area contributed by atoms with Gasteiger partial charge in [0.05, 0.1) is 7.11 Å². The van der Waals surface area contributed by atoms with Crippen LogP contribution in [0.4, 0.5) is 4.39 Å². The maximum Gasteiger partial charge on any atom is 0.353 e. The third-order valence-corrected chi connectivity index (χ3v) is 4.77. The smallest absolute Gasteiger partial charge is 0.353 e. The van der Waals surface area contributed by atoms with Crippen molar-refractivity contribution in [1.29, 1.82) is 0 Å². The van der Waals surface area contributed by atoms with Gasteiger partial charge in [0.2, 0.25) is 5.67 Å². The number of carbonyl (C=O) groups is 1. The van der Waals surface area contributed by atoms with Crippen molar-refractivity contribution in [3.05, 3.63) is 90.0 Å². The highest BCUT2D eigenvalue weighted by Gasteiger charge is 2.38. The molecule has 0 aliphatic heterocycles. The number of hydrogen-bond donors (Lipinski definition) is 0. The van der Waals surface area contributed by atoms with Crippen molar-refractivity contribution in [2.45, 2.75) is 19.0 Å². The van der Waals surface area contributed by atoms with E-state index in [1.165, 1.54) is 26.2 Å². The number of carbonyl (C=O) groups excluding carboxylic acids is 2. The van der Waals surface area contributed by atoms with Crippen LogP contribution in [-0.4, -0.2) is 19.0 Å². The van der Waals surface area contributed by atoms with Crippen molar-refractivity contribution in [2.24, 2.45) is 0 Å². The van der Waals surface area contributed by atoms with E-state index in [-0.39, 0.29) is 17.1 Å². The van der Waals surface area contributed by atoms with E-state index in [0.717, 1.165) is 16.7 Å². The van der Waals surface area contributed by atoms with Crippen molar-refractivity contribution in [1.82, 2.24) is 0 Å². The highest BCUT2D eigenvalue weighted by Crippen LogP contribution is 2.33. The number of rotatable bonds is 7. The van der Waals surface area contributed by atoms with E-state index >= 15 is 4.39 Å². The Balaban J connectivity index is 1.79. The zero-order chi connectivity index (χ0) is 21.6. The number of allylic oxidation sites excluding steroid dienone is 1. The summed E-state index contributed by atoms with van der Waals surface area (Å²) in [6.45, 7) is 1.17. The van der Waals surface area contributed by atoms with Gasteiger partial charge in [0.15, 0.2) is 11.5 Å². The van der Waals surface area contributed by atoms with Gasteiger partial charge >= 0.3 is 5.97 Å². The second-order valence-corrected chi connectivity index (χ2v) is 6.85. The van der Waals surface area contributed by atoms with Crippen molar-refractivity contribution in [2.75, 3.05) is 7.11 Å². The Bertz CT molecular complexity index is 1070. The minimum absolute atomic E-state index is 0.103.